The minimum atomic E-state index is -1.65. The second-order valence-corrected chi connectivity index (χ2v) is 13.4. The maximum absolute atomic E-state index is 12.8. The van der Waals surface area contributed by atoms with Crippen LogP contribution in [0.3, 0.4) is 0 Å². The normalized spacial score (nSPS) is 18.4. The van der Waals surface area contributed by atoms with Gasteiger partial charge in [-0.05, 0) is 48.0 Å². The first kappa shape index (κ1) is 22.7. The van der Waals surface area contributed by atoms with Crippen LogP contribution >= 0.6 is 0 Å². The molecule has 1 atom stereocenters. The van der Waals surface area contributed by atoms with Crippen LogP contribution in [0.4, 0.5) is 5.69 Å². The predicted molar refractivity (Wildman–Crippen MR) is 125 cm³/mol. The summed E-state index contributed by atoms with van der Waals surface area (Å²) in [7, 11) is 1.31. The van der Waals surface area contributed by atoms with Gasteiger partial charge in [0.2, 0.25) is 11.9 Å². The first-order chi connectivity index (χ1) is 15.7. The van der Waals surface area contributed by atoms with Crippen LogP contribution in [0.5, 0.6) is 23.0 Å². The Morgan fingerprint density at radius 3 is 2.48 bits per heavy atom. The van der Waals surface area contributed by atoms with Crippen molar-refractivity contribution in [3.05, 3.63) is 47.9 Å². The summed E-state index contributed by atoms with van der Waals surface area (Å²) in [5, 5.41) is 3.83. The largest absolute Gasteiger partial charge is 0.494 e. The van der Waals surface area contributed by atoms with Gasteiger partial charge in [-0.3, -0.25) is 9.59 Å². The van der Waals surface area contributed by atoms with E-state index in [1.807, 2.05) is 19.1 Å². The molecule has 2 aromatic carbocycles. The summed E-state index contributed by atoms with van der Waals surface area (Å²) in [6.07, 6.45) is -0.177. The van der Waals surface area contributed by atoms with E-state index >= 15 is 0 Å². The molecule has 1 unspecified atom stereocenters. The van der Waals surface area contributed by atoms with E-state index < -0.39 is 25.9 Å². The highest BCUT2D eigenvalue weighted by atomic mass is 28.3. The highest BCUT2D eigenvalue weighted by Gasteiger charge is 2.37. The third-order valence-corrected chi connectivity index (χ3v) is 9.17. The maximum atomic E-state index is 12.8. The fraction of sp³-hybridized carbons (Fsp3) is 0.333. The highest BCUT2D eigenvalue weighted by molar-refractivity contribution is 6.90. The number of ether oxygens (including phenoxy) is 5. The molecule has 2 heterocycles. The molecule has 0 bridgehead atoms. The predicted octanol–water partition coefficient (Wildman–Crippen LogP) is 3.15. The van der Waals surface area contributed by atoms with Gasteiger partial charge in [0.15, 0.2) is 0 Å². The first-order valence-electron chi connectivity index (χ1n) is 10.6. The number of para-hydroxylation sites is 1. The topological polar surface area (TPSA) is 92.3 Å². The zero-order valence-electron chi connectivity index (χ0n) is 19.3. The summed E-state index contributed by atoms with van der Waals surface area (Å²) >= 11 is 0. The summed E-state index contributed by atoms with van der Waals surface area (Å²) in [5.41, 5.74) is 1.17. The van der Waals surface area contributed by atoms with Crippen LogP contribution in [-0.4, -0.2) is 46.7 Å². The van der Waals surface area contributed by atoms with Crippen molar-refractivity contribution >= 4 is 30.6 Å². The number of anilines is 1. The van der Waals surface area contributed by atoms with E-state index in [4.69, 9.17) is 23.7 Å². The Morgan fingerprint density at radius 2 is 1.82 bits per heavy atom. The van der Waals surface area contributed by atoms with Crippen molar-refractivity contribution in [3.63, 3.8) is 0 Å². The molecule has 0 aliphatic carbocycles. The molecule has 174 valence electrons. The van der Waals surface area contributed by atoms with Gasteiger partial charge in [-0.1, -0.05) is 19.2 Å². The van der Waals surface area contributed by atoms with Gasteiger partial charge in [0.25, 0.3) is 11.9 Å². The van der Waals surface area contributed by atoms with Gasteiger partial charge < -0.3 is 29.0 Å². The molecule has 0 aromatic heterocycles. The number of hydrogen-bond donors (Lipinski definition) is 1. The molecule has 2 aliphatic rings. The minimum absolute atomic E-state index is 0.0219. The zero-order valence-corrected chi connectivity index (χ0v) is 20.3. The van der Waals surface area contributed by atoms with Crippen LogP contribution in [0.25, 0.3) is 0 Å². The number of methoxy groups -OCH3 is 2. The molecule has 0 spiro atoms. The van der Waals surface area contributed by atoms with Crippen LogP contribution in [0.2, 0.25) is 19.1 Å². The smallest absolute Gasteiger partial charge is 0.289 e. The highest BCUT2D eigenvalue weighted by Crippen LogP contribution is 2.35. The average molecular weight is 470 g/mol. The van der Waals surface area contributed by atoms with E-state index in [0.717, 1.165) is 29.2 Å². The van der Waals surface area contributed by atoms with E-state index in [2.05, 4.69) is 18.4 Å². The van der Waals surface area contributed by atoms with Crippen molar-refractivity contribution in [1.82, 2.24) is 0 Å². The minimum Gasteiger partial charge on any atom is -0.494 e. The summed E-state index contributed by atoms with van der Waals surface area (Å²) in [6, 6.07) is 10.0. The fourth-order valence-electron chi connectivity index (χ4n) is 3.88. The van der Waals surface area contributed by atoms with E-state index in [9.17, 15) is 9.59 Å². The van der Waals surface area contributed by atoms with Crippen LogP contribution < -0.4 is 29.5 Å². The number of fused-ring (bicyclic) bond motifs is 1. The molecule has 9 heteroatoms. The molecule has 0 saturated carbocycles. The molecule has 2 aromatic rings. The van der Waals surface area contributed by atoms with Gasteiger partial charge in [-0.2, -0.15) is 0 Å². The Bertz CT molecular complexity index is 1120. The monoisotopic (exact) mass is 469 g/mol. The third kappa shape index (κ3) is 4.41. The molecule has 2 aliphatic heterocycles. The van der Waals surface area contributed by atoms with Gasteiger partial charge in [0, 0.05) is 0 Å². The summed E-state index contributed by atoms with van der Waals surface area (Å²) in [5.74, 6) is 1.08. The standard InChI is InChI=1S/C24H27NO7Si/c1-14-11-19-20(33(4,5)10-9-30-19)13-18(14)31-21-12-15(26)23(32-21)24(27)25-22-16(28-2)7-6-8-17(22)29-3/h6-8,11-13,23H,9-10H2,1-5H3,(H,25,27). The van der Waals surface area contributed by atoms with Crippen molar-refractivity contribution in [2.24, 2.45) is 0 Å². The molecule has 1 N–H and O–H groups in total. The number of nitrogens with one attached hydrogen (secondary N) is 1. The molecule has 0 fully saturated rings. The molecular formula is C24H27NO7Si. The molecule has 1 amide bonds. The quantitative estimate of drug-likeness (QED) is 0.513. The van der Waals surface area contributed by atoms with Gasteiger partial charge in [-0.15, -0.1) is 0 Å². The Hall–Kier alpha value is -3.46. The Balaban J connectivity index is 1.51. The second kappa shape index (κ2) is 8.82. The van der Waals surface area contributed by atoms with Gasteiger partial charge in [0.1, 0.15) is 28.7 Å². The summed E-state index contributed by atoms with van der Waals surface area (Å²) in [6.45, 7) is 7.20. The van der Waals surface area contributed by atoms with Crippen molar-refractivity contribution in [3.8, 4) is 23.0 Å². The van der Waals surface area contributed by atoms with Gasteiger partial charge >= 0.3 is 0 Å². The Labute approximate surface area is 193 Å². The molecule has 4 rings (SSSR count). The van der Waals surface area contributed by atoms with Crippen LogP contribution in [0, 0.1) is 6.92 Å². The molecule has 0 saturated heterocycles. The summed E-state index contributed by atoms with van der Waals surface area (Å²) in [4.78, 5) is 25.4. The number of benzene rings is 2. The van der Waals surface area contributed by atoms with Crippen molar-refractivity contribution in [1.29, 1.82) is 0 Å². The SMILES string of the molecule is COc1cccc(OC)c1NC(=O)C1OC(Oc2cc3c(cc2C)OCC[Si]3(C)C)=CC1=O. The molecule has 33 heavy (non-hydrogen) atoms. The zero-order chi connectivity index (χ0) is 23.8. The van der Waals surface area contributed by atoms with Crippen LogP contribution in [-0.2, 0) is 14.3 Å². The lowest BCUT2D eigenvalue weighted by molar-refractivity contribution is -0.134. The van der Waals surface area contributed by atoms with E-state index in [-0.39, 0.29) is 5.95 Å². The lowest BCUT2D eigenvalue weighted by atomic mass is 10.2. The second-order valence-electron chi connectivity index (χ2n) is 8.59. The number of hydrogen-bond acceptors (Lipinski definition) is 7. The van der Waals surface area contributed by atoms with E-state index in [1.54, 1.807) is 18.2 Å². The molecular weight excluding hydrogens is 442 g/mol. The lowest BCUT2D eigenvalue weighted by Gasteiger charge is -2.31. The van der Waals surface area contributed by atoms with Crippen LogP contribution in [0.1, 0.15) is 5.56 Å². The Morgan fingerprint density at radius 1 is 1.12 bits per heavy atom. The Kier molecular flexibility index (Phi) is 6.07. The lowest BCUT2D eigenvalue weighted by Crippen LogP contribution is -2.46. The summed E-state index contributed by atoms with van der Waals surface area (Å²) < 4.78 is 27.9. The van der Waals surface area contributed by atoms with Crippen molar-refractivity contribution in [2.75, 3.05) is 26.1 Å². The number of carbonyl (C=O) groups excluding carboxylic acids is 2. The van der Waals surface area contributed by atoms with Crippen LogP contribution in [0.15, 0.2) is 42.4 Å². The molecule has 0 radical (unpaired) electrons. The fourth-order valence-corrected chi connectivity index (χ4v) is 6.09. The number of rotatable bonds is 6. The van der Waals surface area contributed by atoms with Crippen molar-refractivity contribution < 1.29 is 33.3 Å². The first-order valence-corrected chi connectivity index (χ1v) is 13.8. The number of aryl methyl sites for hydroxylation is 1. The average Bonchev–Trinajstić information content (AvgIpc) is 3.14. The maximum Gasteiger partial charge on any atom is 0.289 e. The van der Waals surface area contributed by atoms with Gasteiger partial charge in [0.05, 0.1) is 35.0 Å². The number of amides is 1. The molecule has 8 nitrogen and oxygen atoms in total. The van der Waals surface area contributed by atoms with Gasteiger partial charge in [-0.25, -0.2) is 0 Å². The van der Waals surface area contributed by atoms with Crippen molar-refractivity contribution in [2.45, 2.75) is 32.2 Å². The van der Waals surface area contributed by atoms with E-state index in [1.165, 1.54) is 20.3 Å². The number of carbonyl (C=O) groups is 2. The number of ketones is 1. The third-order valence-electron chi connectivity index (χ3n) is 5.87. The van der Waals surface area contributed by atoms with E-state index in [0.29, 0.717) is 22.9 Å².